The minimum absolute atomic E-state index is 0.0809. The van der Waals surface area contributed by atoms with Crippen molar-refractivity contribution in [1.29, 1.82) is 0 Å². The van der Waals surface area contributed by atoms with E-state index in [1.165, 1.54) is 0 Å². The molecule has 0 N–H and O–H groups in total. The molecule has 0 saturated heterocycles. The van der Waals surface area contributed by atoms with Gasteiger partial charge in [-0.05, 0) is 38.0 Å². The molecule has 0 rings (SSSR count). The number of ether oxygens (including phenoxy) is 1. The molecular formula is C13H25FO. The average Bonchev–Trinajstić information content (AvgIpc) is 2.14. The summed E-state index contributed by atoms with van der Waals surface area (Å²) in [7, 11) is 1.67. The first-order valence-electron chi connectivity index (χ1n) is 5.68. The van der Waals surface area contributed by atoms with Gasteiger partial charge in [0.1, 0.15) is 5.67 Å². The predicted molar refractivity (Wildman–Crippen MR) is 63.8 cm³/mol. The van der Waals surface area contributed by atoms with Gasteiger partial charge in [-0.1, -0.05) is 19.9 Å². The lowest BCUT2D eigenvalue weighted by Gasteiger charge is -2.34. The van der Waals surface area contributed by atoms with Crippen molar-refractivity contribution in [3.8, 4) is 0 Å². The van der Waals surface area contributed by atoms with Gasteiger partial charge in [0.15, 0.2) is 0 Å². The lowest BCUT2D eigenvalue weighted by Crippen LogP contribution is -2.32. The van der Waals surface area contributed by atoms with Crippen LogP contribution in [0.2, 0.25) is 0 Å². The molecule has 0 fully saturated rings. The van der Waals surface area contributed by atoms with E-state index in [9.17, 15) is 4.39 Å². The Morgan fingerprint density at radius 2 is 2.00 bits per heavy atom. The molecular weight excluding hydrogens is 191 g/mol. The van der Waals surface area contributed by atoms with E-state index < -0.39 is 5.67 Å². The Balaban J connectivity index is 4.41. The maximum Gasteiger partial charge on any atom is 0.108 e. The van der Waals surface area contributed by atoms with Crippen LogP contribution >= 0.6 is 0 Å². The molecule has 0 aromatic carbocycles. The average molecular weight is 216 g/mol. The minimum atomic E-state index is -1.09. The van der Waals surface area contributed by atoms with Crippen LogP contribution in [-0.2, 0) is 4.74 Å². The number of methoxy groups -OCH3 is 1. The van der Waals surface area contributed by atoms with Crippen molar-refractivity contribution in [3.63, 3.8) is 0 Å². The fourth-order valence-electron chi connectivity index (χ4n) is 2.03. The van der Waals surface area contributed by atoms with Gasteiger partial charge >= 0.3 is 0 Å². The molecule has 2 atom stereocenters. The second kappa shape index (κ2) is 6.26. The first-order chi connectivity index (χ1) is 6.89. The highest BCUT2D eigenvalue weighted by Crippen LogP contribution is 2.36. The first-order valence-corrected chi connectivity index (χ1v) is 5.68. The predicted octanol–water partition coefficient (Wildman–Crippen LogP) is 4.13. The molecule has 0 heterocycles. The van der Waals surface area contributed by atoms with E-state index in [1.54, 1.807) is 14.0 Å². The SMILES string of the molecule is C=CCC[C@@](C)(COC)C[C@](C)(F)CC. The van der Waals surface area contributed by atoms with Crippen LogP contribution in [0, 0.1) is 5.41 Å². The summed E-state index contributed by atoms with van der Waals surface area (Å²) in [5.41, 5.74) is -1.17. The van der Waals surface area contributed by atoms with Crippen molar-refractivity contribution in [3.05, 3.63) is 12.7 Å². The van der Waals surface area contributed by atoms with Crippen LogP contribution < -0.4 is 0 Å². The fourth-order valence-corrected chi connectivity index (χ4v) is 2.03. The Morgan fingerprint density at radius 1 is 1.40 bits per heavy atom. The molecule has 0 aliphatic rings. The van der Waals surface area contributed by atoms with Gasteiger partial charge in [-0.2, -0.15) is 0 Å². The Hall–Kier alpha value is -0.370. The van der Waals surface area contributed by atoms with E-state index >= 15 is 0 Å². The van der Waals surface area contributed by atoms with Crippen molar-refractivity contribution in [1.82, 2.24) is 0 Å². The summed E-state index contributed by atoms with van der Waals surface area (Å²) in [5, 5.41) is 0. The quantitative estimate of drug-likeness (QED) is 0.554. The summed E-state index contributed by atoms with van der Waals surface area (Å²) in [6.07, 6.45) is 4.84. The van der Waals surface area contributed by atoms with E-state index in [0.29, 0.717) is 19.4 Å². The smallest absolute Gasteiger partial charge is 0.108 e. The van der Waals surface area contributed by atoms with Gasteiger partial charge in [-0.15, -0.1) is 6.58 Å². The Morgan fingerprint density at radius 3 is 2.40 bits per heavy atom. The van der Waals surface area contributed by atoms with E-state index in [1.807, 2.05) is 13.0 Å². The van der Waals surface area contributed by atoms with E-state index in [-0.39, 0.29) is 5.41 Å². The molecule has 15 heavy (non-hydrogen) atoms. The lowest BCUT2D eigenvalue weighted by atomic mass is 9.76. The molecule has 0 aromatic heterocycles. The highest BCUT2D eigenvalue weighted by molar-refractivity contribution is 4.86. The molecule has 2 heteroatoms. The third kappa shape index (κ3) is 5.93. The number of halogens is 1. The fraction of sp³-hybridized carbons (Fsp3) is 0.846. The van der Waals surface area contributed by atoms with Crippen LogP contribution in [0.3, 0.4) is 0 Å². The normalized spacial score (nSPS) is 19.3. The van der Waals surface area contributed by atoms with Crippen LogP contribution in [0.15, 0.2) is 12.7 Å². The standard InChI is InChI=1S/C13H25FO/c1-6-8-9-12(3,11-15-5)10-13(4,14)7-2/h6H,1,7-11H2,2-5H3/t12-,13-/m1/s1. The van der Waals surface area contributed by atoms with Gasteiger partial charge in [-0.3, -0.25) is 0 Å². The molecule has 0 aliphatic carbocycles. The topological polar surface area (TPSA) is 9.23 Å². The number of allylic oxidation sites excluding steroid dienone is 1. The van der Waals surface area contributed by atoms with Gasteiger partial charge in [0, 0.05) is 7.11 Å². The second-order valence-corrected chi connectivity index (χ2v) is 5.01. The summed E-state index contributed by atoms with van der Waals surface area (Å²) in [4.78, 5) is 0. The molecule has 0 saturated carbocycles. The van der Waals surface area contributed by atoms with Crippen molar-refractivity contribution < 1.29 is 9.13 Å². The summed E-state index contributed by atoms with van der Waals surface area (Å²) < 4.78 is 19.2. The van der Waals surface area contributed by atoms with Gasteiger partial charge in [-0.25, -0.2) is 4.39 Å². The zero-order chi connectivity index (χ0) is 11.9. The second-order valence-electron chi connectivity index (χ2n) is 5.01. The van der Waals surface area contributed by atoms with Crippen molar-refractivity contribution in [2.75, 3.05) is 13.7 Å². The monoisotopic (exact) mass is 216 g/mol. The molecule has 0 bridgehead atoms. The van der Waals surface area contributed by atoms with Crippen LogP contribution in [-0.4, -0.2) is 19.4 Å². The van der Waals surface area contributed by atoms with Crippen LogP contribution in [0.25, 0.3) is 0 Å². The summed E-state index contributed by atoms with van der Waals surface area (Å²) in [6.45, 7) is 9.97. The Bertz CT molecular complexity index is 189. The zero-order valence-electron chi connectivity index (χ0n) is 10.6. The van der Waals surface area contributed by atoms with Crippen LogP contribution in [0.1, 0.15) is 46.5 Å². The number of hydrogen-bond acceptors (Lipinski definition) is 1. The van der Waals surface area contributed by atoms with Gasteiger partial charge < -0.3 is 4.74 Å². The van der Waals surface area contributed by atoms with Gasteiger partial charge in [0.2, 0.25) is 0 Å². The largest absolute Gasteiger partial charge is 0.384 e. The molecule has 0 aromatic rings. The maximum absolute atomic E-state index is 14.0. The van der Waals surface area contributed by atoms with Crippen molar-refractivity contribution in [2.24, 2.45) is 5.41 Å². The van der Waals surface area contributed by atoms with Gasteiger partial charge in [0.05, 0.1) is 6.61 Å². The molecule has 90 valence electrons. The van der Waals surface area contributed by atoms with Crippen molar-refractivity contribution in [2.45, 2.75) is 52.1 Å². The summed E-state index contributed by atoms with van der Waals surface area (Å²) in [6, 6.07) is 0. The summed E-state index contributed by atoms with van der Waals surface area (Å²) >= 11 is 0. The number of hydrogen-bond donors (Lipinski definition) is 0. The molecule has 0 amide bonds. The highest BCUT2D eigenvalue weighted by atomic mass is 19.1. The van der Waals surface area contributed by atoms with Gasteiger partial charge in [0.25, 0.3) is 0 Å². The Labute approximate surface area is 93.7 Å². The van der Waals surface area contributed by atoms with E-state index in [2.05, 4.69) is 13.5 Å². The first kappa shape index (κ1) is 14.6. The molecule has 0 radical (unpaired) electrons. The van der Waals surface area contributed by atoms with Crippen LogP contribution in [0.4, 0.5) is 4.39 Å². The zero-order valence-corrected chi connectivity index (χ0v) is 10.6. The minimum Gasteiger partial charge on any atom is -0.384 e. The Kier molecular flexibility index (Phi) is 6.11. The third-order valence-corrected chi connectivity index (χ3v) is 2.98. The van der Waals surface area contributed by atoms with Crippen LogP contribution in [0.5, 0.6) is 0 Å². The number of alkyl halides is 1. The molecule has 0 unspecified atom stereocenters. The van der Waals surface area contributed by atoms with E-state index in [4.69, 9.17) is 4.74 Å². The lowest BCUT2D eigenvalue weighted by molar-refractivity contribution is 0.0259. The molecule has 0 aliphatic heterocycles. The number of rotatable bonds is 8. The molecule has 0 spiro atoms. The van der Waals surface area contributed by atoms with Crippen molar-refractivity contribution >= 4 is 0 Å². The molecule has 1 nitrogen and oxygen atoms in total. The van der Waals surface area contributed by atoms with E-state index in [0.717, 1.165) is 12.8 Å². The maximum atomic E-state index is 14.0. The third-order valence-electron chi connectivity index (χ3n) is 2.98. The summed E-state index contributed by atoms with van der Waals surface area (Å²) in [5.74, 6) is 0. The highest BCUT2D eigenvalue weighted by Gasteiger charge is 2.33.